The standard InChI is InChI=1S/C30H46O7/c1-17-27(32)24(34-4)15-26(36-17)37-20-7-10-28(2)19(14-20)5-6-23-22(28)8-11-29(3)21(9-12-30(23,29)33)18-13-25(31)35-16-18/h13,17,19-24,26-27,32-33H,5-12,14-16H2,1-4H3/t17-,19+,20+,21+,22-,23+,24+,26-,27-,28-,29+,30+/m0/s1. The van der Waals surface area contributed by atoms with Crippen LogP contribution in [0.5, 0.6) is 0 Å². The summed E-state index contributed by atoms with van der Waals surface area (Å²) in [7, 11) is 1.64. The molecule has 0 radical (unpaired) electrons. The van der Waals surface area contributed by atoms with Crippen molar-refractivity contribution in [2.45, 2.75) is 121 Å². The summed E-state index contributed by atoms with van der Waals surface area (Å²) in [5.41, 5.74) is 0.461. The van der Waals surface area contributed by atoms with Crippen LogP contribution in [-0.2, 0) is 23.7 Å². The van der Waals surface area contributed by atoms with Gasteiger partial charge in [-0.25, -0.2) is 4.79 Å². The van der Waals surface area contributed by atoms with Crippen molar-refractivity contribution in [1.29, 1.82) is 0 Å². The van der Waals surface area contributed by atoms with E-state index in [0.29, 0.717) is 30.8 Å². The molecule has 2 N–H and O–H groups in total. The van der Waals surface area contributed by atoms with Crippen LogP contribution in [0.15, 0.2) is 11.6 Å². The number of methoxy groups -OCH3 is 1. The molecule has 5 fully saturated rings. The molecule has 37 heavy (non-hydrogen) atoms. The normalized spacial score (nSPS) is 53.6. The lowest BCUT2D eigenvalue weighted by Crippen LogP contribution is -2.62. The first-order valence-corrected chi connectivity index (χ1v) is 14.7. The van der Waals surface area contributed by atoms with Crippen LogP contribution in [0.3, 0.4) is 0 Å². The summed E-state index contributed by atoms with van der Waals surface area (Å²) >= 11 is 0. The van der Waals surface area contributed by atoms with Crippen molar-refractivity contribution in [1.82, 2.24) is 0 Å². The third kappa shape index (κ3) is 3.97. The first kappa shape index (κ1) is 26.2. The lowest BCUT2D eigenvalue weighted by molar-refractivity contribution is -0.273. The highest BCUT2D eigenvalue weighted by molar-refractivity contribution is 5.85. The number of carbonyl (C=O) groups excluding carboxylic acids is 1. The Labute approximate surface area is 221 Å². The summed E-state index contributed by atoms with van der Waals surface area (Å²) in [6.07, 6.45) is 10.2. The first-order valence-electron chi connectivity index (χ1n) is 14.7. The Bertz CT molecular complexity index is 935. The fraction of sp³-hybridized carbons (Fsp3) is 0.900. The van der Waals surface area contributed by atoms with Gasteiger partial charge in [-0.2, -0.15) is 0 Å². The van der Waals surface area contributed by atoms with E-state index in [1.807, 2.05) is 6.92 Å². The number of rotatable bonds is 4. The molecule has 208 valence electrons. The van der Waals surface area contributed by atoms with Crippen LogP contribution in [0.2, 0.25) is 0 Å². The Kier molecular flexibility index (Phi) is 6.59. The highest BCUT2D eigenvalue weighted by Gasteiger charge is 2.67. The molecule has 0 aromatic carbocycles. The Morgan fingerprint density at radius 3 is 2.57 bits per heavy atom. The number of hydrogen-bond acceptors (Lipinski definition) is 7. The highest BCUT2D eigenvalue weighted by atomic mass is 16.7. The summed E-state index contributed by atoms with van der Waals surface area (Å²) in [5, 5.41) is 22.7. The zero-order valence-electron chi connectivity index (χ0n) is 23.0. The smallest absolute Gasteiger partial charge is 0.331 e. The van der Waals surface area contributed by atoms with Gasteiger partial charge in [-0.3, -0.25) is 0 Å². The molecule has 0 amide bonds. The third-order valence-electron chi connectivity index (χ3n) is 12.2. The molecule has 7 nitrogen and oxygen atoms in total. The molecule has 0 aromatic rings. The Morgan fingerprint density at radius 1 is 1.03 bits per heavy atom. The largest absolute Gasteiger partial charge is 0.458 e. The number of ether oxygens (including phenoxy) is 4. The number of fused-ring (bicyclic) bond motifs is 5. The molecule has 12 atom stereocenters. The maximum Gasteiger partial charge on any atom is 0.331 e. The second-order valence-corrected chi connectivity index (χ2v) is 13.6. The Balaban J connectivity index is 1.15. The van der Waals surface area contributed by atoms with E-state index in [1.54, 1.807) is 13.2 Å². The predicted octanol–water partition coefficient (Wildman–Crippen LogP) is 4.14. The van der Waals surface area contributed by atoms with Crippen molar-refractivity contribution in [3.8, 4) is 0 Å². The van der Waals surface area contributed by atoms with Crippen molar-refractivity contribution >= 4 is 5.97 Å². The minimum atomic E-state index is -0.670. The van der Waals surface area contributed by atoms with Gasteiger partial charge in [-0.1, -0.05) is 13.8 Å². The SMILES string of the molecule is CO[C@@H]1C[C@H](O[C@@H]2CC[C@@]3(C)[C@H](CC[C@@H]4[C@@H]3CC[C@]3(C)[C@@H](C5=CC(=O)OC5)CC[C@@]43O)C2)O[C@@H](C)[C@@H]1O. The number of aliphatic hydroxyl groups is 2. The van der Waals surface area contributed by atoms with Gasteiger partial charge in [0.05, 0.1) is 23.9 Å². The fourth-order valence-electron chi connectivity index (χ4n) is 10.0. The van der Waals surface area contributed by atoms with Gasteiger partial charge in [0.1, 0.15) is 12.7 Å². The molecular formula is C30H46O7. The van der Waals surface area contributed by atoms with Gasteiger partial charge in [0.15, 0.2) is 6.29 Å². The Hall–Kier alpha value is -0.990. The maximum absolute atomic E-state index is 12.4. The predicted molar refractivity (Wildman–Crippen MR) is 136 cm³/mol. The van der Waals surface area contributed by atoms with E-state index in [1.165, 1.54) is 0 Å². The lowest BCUT2D eigenvalue weighted by Gasteiger charge is -2.64. The van der Waals surface area contributed by atoms with E-state index < -0.39 is 11.7 Å². The number of carbonyl (C=O) groups is 1. The van der Waals surface area contributed by atoms with Crippen molar-refractivity contribution in [3.63, 3.8) is 0 Å². The van der Waals surface area contributed by atoms with Crippen LogP contribution in [-0.4, -0.2) is 66.2 Å². The molecule has 4 aliphatic carbocycles. The minimum absolute atomic E-state index is 0.166. The summed E-state index contributed by atoms with van der Waals surface area (Å²) < 4.78 is 23.2. The quantitative estimate of drug-likeness (QED) is 0.427. The molecule has 2 heterocycles. The van der Waals surface area contributed by atoms with Gasteiger partial charge in [0.2, 0.25) is 0 Å². The molecule has 0 spiro atoms. The topological polar surface area (TPSA) is 94.5 Å². The van der Waals surface area contributed by atoms with Gasteiger partial charge in [-0.05, 0) is 99.4 Å². The van der Waals surface area contributed by atoms with E-state index in [0.717, 1.165) is 63.4 Å². The molecule has 7 heteroatoms. The molecule has 6 aliphatic rings. The zero-order chi connectivity index (χ0) is 26.2. The molecule has 0 aromatic heterocycles. The third-order valence-corrected chi connectivity index (χ3v) is 12.2. The van der Waals surface area contributed by atoms with Crippen molar-refractivity contribution < 1.29 is 34.0 Å². The monoisotopic (exact) mass is 518 g/mol. The Morgan fingerprint density at radius 2 is 1.84 bits per heavy atom. The van der Waals surface area contributed by atoms with Crippen LogP contribution in [0.1, 0.15) is 85.0 Å². The molecular weight excluding hydrogens is 472 g/mol. The van der Waals surface area contributed by atoms with Crippen molar-refractivity contribution in [2.75, 3.05) is 13.7 Å². The van der Waals surface area contributed by atoms with E-state index in [-0.39, 0.29) is 47.3 Å². The number of aliphatic hydroxyl groups excluding tert-OH is 1. The van der Waals surface area contributed by atoms with Crippen molar-refractivity contribution in [2.24, 2.45) is 34.5 Å². The molecule has 1 saturated heterocycles. The number of hydrogen-bond donors (Lipinski definition) is 2. The van der Waals surface area contributed by atoms with Crippen molar-refractivity contribution in [3.05, 3.63) is 11.6 Å². The van der Waals surface area contributed by atoms with Gasteiger partial charge in [0.25, 0.3) is 0 Å². The van der Waals surface area contributed by atoms with E-state index in [4.69, 9.17) is 18.9 Å². The first-order chi connectivity index (χ1) is 17.6. The van der Waals surface area contributed by atoms with Crippen LogP contribution < -0.4 is 0 Å². The minimum Gasteiger partial charge on any atom is -0.458 e. The second-order valence-electron chi connectivity index (χ2n) is 13.6. The molecule has 6 rings (SSSR count). The summed E-state index contributed by atoms with van der Waals surface area (Å²) in [5.74, 6) is 1.45. The average Bonchev–Trinajstić information content (AvgIpc) is 3.41. The van der Waals surface area contributed by atoms with Crippen LogP contribution >= 0.6 is 0 Å². The molecule has 0 bridgehead atoms. The number of esters is 1. The van der Waals surface area contributed by atoms with Gasteiger partial charge in [-0.15, -0.1) is 0 Å². The summed E-state index contributed by atoms with van der Waals surface area (Å²) in [6, 6.07) is 0. The highest BCUT2D eigenvalue weighted by Crippen LogP contribution is 2.70. The second kappa shape index (κ2) is 9.29. The lowest BCUT2D eigenvalue weighted by atomic mass is 9.43. The van der Waals surface area contributed by atoms with Gasteiger partial charge < -0.3 is 29.2 Å². The van der Waals surface area contributed by atoms with E-state index >= 15 is 0 Å². The van der Waals surface area contributed by atoms with Crippen LogP contribution in [0.4, 0.5) is 0 Å². The molecule has 0 unspecified atom stereocenters. The van der Waals surface area contributed by atoms with Gasteiger partial charge in [0, 0.05) is 25.0 Å². The van der Waals surface area contributed by atoms with Crippen LogP contribution in [0.25, 0.3) is 0 Å². The van der Waals surface area contributed by atoms with Crippen LogP contribution in [0, 0.1) is 34.5 Å². The van der Waals surface area contributed by atoms with E-state index in [2.05, 4.69) is 13.8 Å². The fourth-order valence-corrected chi connectivity index (χ4v) is 10.0. The molecule has 4 saturated carbocycles. The summed E-state index contributed by atoms with van der Waals surface area (Å²) in [6.45, 7) is 7.07. The number of cyclic esters (lactones) is 1. The van der Waals surface area contributed by atoms with E-state index in [9.17, 15) is 15.0 Å². The average molecular weight is 519 g/mol. The molecule has 2 aliphatic heterocycles. The zero-order valence-corrected chi connectivity index (χ0v) is 23.0. The van der Waals surface area contributed by atoms with Gasteiger partial charge >= 0.3 is 5.97 Å². The maximum atomic E-state index is 12.4. The summed E-state index contributed by atoms with van der Waals surface area (Å²) in [4.78, 5) is 11.8.